The highest BCUT2D eigenvalue weighted by Crippen LogP contribution is 2.31. The molecule has 6 nitrogen and oxygen atoms in total. The van der Waals surface area contributed by atoms with Gasteiger partial charge in [0.1, 0.15) is 0 Å². The molecule has 20 heavy (non-hydrogen) atoms. The molecule has 0 saturated carbocycles. The van der Waals surface area contributed by atoms with E-state index in [0.29, 0.717) is 11.8 Å². The number of nitrogens with zero attached hydrogens (tertiary/aromatic N) is 4. The number of ether oxygens (including phenoxy) is 1. The van der Waals surface area contributed by atoms with Crippen LogP contribution in [0, 0.1) is 0 Å². The van der Waals surface area contributed by atoms with Crippen molar-refractivity contribution in [3.63, 3.8) is 0 Å². The first-order valence-corrected chi connectivity index (χ1v) is 7.43. The van der Waals surface area contributed by atoms with Crippen molar-refractivity contribution in [2.75, 3.05) is 5.73 Å². The number of fused-ring (bicyclic) bond motifs is 3. The van der Waals surface area contributed by atoms with Crippen LogP contribution in [0.25, 0.3) is 5.65 Å². The van der Waals surface area contributed by atoms with E-state index in [9.17, 15) is 0 Å². The second kappa shape index (κ2) is 5.26. The molecule has 0 aliphatic heterocycles. The van der Waals surface area contributed by atoms with E-state index >= 15 is 0 Å². The highest BCUT2D eigenvalue weighted by atomic mass is 16.5. The maximum absolute atomic E-state index is 6.10. The number of aryl methyl sites for hydroxylation is 1. The molecule has 0 aromatic carbocycles. The quantitative estimate of drug-likeness (QED) is 0.925. The van der Waals surface area contributed by atoms with Crippen LogP contribution in [-0.4, -0.2) is 25.9 Å². The third-order valence-corrected chi connectivity index (χ3v) is 4.04. The van der Waals surface area contributed by atoms with E-state index in [0.717, 1.165) is 31.3 Å². The summed E-state index contributed by atoms with van der Waals surface area (Å²) < 4.78 is 7.71. The molecule has 0 saturated heterocycles. The minimum absolute atomic E-state index is 0.198. The molecule has 1 aliphatic rings. The van der Waals surface area contributed by atoms with Gasteiger partial charge < -0.3 is 10.5 Å². The molecule has 0 bridgehead atoms. The molecular formula is C14H21N5O. The van der Waals surface area contributed by atoms with Crippen molar-refractivity contribution in [2.24, 2.45) is 0 Å². The molecule has 0 spiro atoms. The van der Waals surface area contributed by atoms with Gasteiger partial charge in [0.05, 0.1) is 6.10 Å². The van der Waals surface area contributed by atoms with Crippen molar-refractivity contribution in [3.05, 3.63) is 11.1 Å². The van der Waals surface area contributed by atoms with Crippen molar-refractivity contribution in [2.45, 2.75) is 58.5 Å². The van der Waals surface area contributed by atoms with E-state index in [4.69, 9.17) is 10.5 Å². The largest absolute Gasteiger partial charge is 0.473 e. The maximum atomic E-state index is 6.10. The summed E-state index contributed by atoms with van der Waals surface area (Å²) in [6.07, 6.45) is 6.49. The van der Waals surface area contributed by atoms with Crippen LogP contribution in [0.2, 0.25) is 0 Å². The molecule has 0 atom stereocenters. The molecule has 2 aromatic heterocycles. The molecule has 2 heterocycles. The van der Waals surface area contributed by atoms with Crippen LogP contribution < -0.4 is 10.5 Å². The number of nitrogens with two attached hydrogens (primary N) is 1. The van der Waals surface area contributed by atoms with Crippen LogP contribution in [0.1, 0.15) is 50.7 Å². The van der Waals surface area contributed by atoms with Gasteiger partial charge in [-0.2, -0.15) is 4.52 Å². The van der Waals surface area contributed by atoms with E-state index < -0.39 is 0 Å². The topological polar surface area (TPSA) is 78.3 Å². The summed E-state index contributed by atoms with van der Waals surface area (Å²) in [5.41, 5.74) is 9.03. The van der Waals surface area contributed by atoms with Crippen LogP contribution in [0.15, 0.2) is 0 Å². The van der Waals surface area contributed by atoms with Gasteiger partial charge in [-0.25, -0.2) is 0 Å². The van der Waals surface area contributed by atoms with Crippen molar-refractivity contribution in [1.82, 2.24) is 19.8 Å². The number of aromatic nitrogens is 4. The van der Waals surface area contributed by atoms with Crippen LogP contribution >= 0.6 is 0 Å². The molecule has 108 valence electrons. The smallest absolute Gasteiger partial charge is 0.243 e. The van der Waals surface area contributed by atoms with Gasteiger partial charge in [0, 0.05) is 11.1 Å². The summed E-state index contributed by atoms with van der Waals surface area (Å²) in [7, 11) is 0. The van der Waals surface area contributed by atoms with Gasteiger partial charge in [-0.1, -0.05) is 13.8 Å². The second-order valence-electron chi connectivity index (χ2n) is 5.32. The number of rotatable bonds is 4. The Kier molecular flexibility index (Phi) is 3.46. The van der Waals surface area contributed by atoms with Crippen LogP contribution in [0.5, 0.6) is 5.88 Å². The Morgan fingerprint density at radius 2 is 1.85 bits per heavy atom. The number of hydrogen-bond acceptors (Lipinski definition) is 5. The summed E-state index contributed by atoms with van der Waals surface area (Å²) in [4.78, 5) is 0. The molecule has 2 N–H and O–H groups in total. The van der Waals surface area contributed by atoms with E-state index in [1.54, 1.807) is 4.52 Å². The average molecular weight is 275 g/mol. The lowest BCUT2D eigenvalue weighted by atomic mass is 9.93. The Hall–Kier alpha value is -1.85. The van der Waals surface area contributed by atoms with Crippen LogP contribution in [-0.2, 0) is 12.8 Å². The Bertz CT molecular complexity index is 618. The fourth-order valence-corrected chi connectivity index (χ4v) is 2.83. The molecule has 0 fully saturated rings. The summed E-state index contributed by atoms with van der Waals surface area (Å²) in [6.45, 7) is 4.26. The minimum Gasteiger partial charge on any atom is -0.473 e. The molecule has 2 aromatic rings. The summed E-state index contributed by atoms with van der Waals surface area (Å²) in [5, 5.41) is 12.6. The summed E-state index contributed by atoms with van der Waals surface area (Å²) >= 11 is 0. The van der Waals surface area contributed by atoms with Crippen molar-refractivity contribution in [3.8, 4) is 5.88 Å². The lowest BCUT2D eigenvalue weighted by Crippen LogP contribution is -2.19. The Balaban J connectivity index is 2.12. The highest BCUT2D eigenvalue weighted by Gasteiger charge is 2.23. The lowest BCUT2D eigenvalue weighted by molar-refractivity contribution is 0.179. The van der Waals surface area contributed by atoms with Crippen molar-refractivity contribution >= 4 is 11.6 Å². The second-order valence-corrected chi connectivity index (χ2v) is 5.32. The van der Waals surface area contributed by atoms with Crippen LogP contribution in [0.3, 0.4) is 0 Å². The van der Waals surface area contributed by atoms with E-state index in [2.05, 4.69) is 29.1 Å². The summed E-state index contributed by atoms with van der Waals surface area (Å²) in [5.74, 6) is 1.04. The zero-order valence-corrected chi connectivity index (χ0v) is 12.1. The fourth-order valence-electron chi connectivity index (χ4n) is 2.83. The predicted octanol–water partition coefficient (Wildman–Crippen LogP) is 2.15. The first-order chi connectivity index (χ1) is 9.74. The Morgan fingerprint density at radius 3 is 2.55 bits per heavy atom. The van der Waals surface area contributed by atoms with Gasteiger partial charge in [0.2, 0.25) is 11.8 Å². The zero-order chi connectivity index (χ0) is 14.1. The average Bonchev–Trinajstić information content (AvgIpc) is 2.86. The van der Waals surface area contributed by atoms with E-state index in [1.807, 2.05) is 0 Å². The third-order valence-electron chi connectivity index (χ3n) is 4.04. The van der Waals surface area contributed by atoms with Crippen molar-refractivity contribution in [1.29, 1.82) is 0 Å². The van der Waals surface area contributed by atoms with Gasteiger partial charge >= 0.3 is 0 Å². The molecule has 6 heteroatoms. The Labute approximate surface area is 118 Å². The lowest BCUT2D eigenvalue weighted by Gasteiger charge is -2.22. The minimum atomic E-state index is 0.198. The standard InChI is InChI=1S/C14H21N5O/c1-3-9(4-2)20-13-11-8-6-5-7-10(11)12-16-17-14(15)19(12)18-13/h9H,3-8H2,1-2H3,(H2,15,17). The monoisotopic (exact) mass is 275 g/mol. The molecule has 3 rings (SSSR count). The molecule has 0 amide bonds. The fraction of sp³-hybridized carbons (Fsp3) is 0.643. The first kappa shape index (κ1) is 13.1. The van der Waals surface area contributed by atoms with Gasteiger partial charge in [-0.3, -0.25) is 0 Å². The normalized spacial score (nSPS) is 14.8. The number of anilines is 1. The Morgan fingerprint density at radius 1 is 1.15 bits per heavy atom. The van der Waals surface area contributed by atoms with Gasteiger partial charge in [0.25, 0.3) is 0 Å². The highest BCUT2D eigenvalue weighted by molar-refractivity contribution is 5.56. The van der Waals surface area contributed by atoms with Crippen molar-refractivity contribution < 1.29 is 4.74 Å². The number of hydrogen-bond donors (Lipinski definition) is 1. The summed E-state index contributed by atoms with van der Waals surface area (Å²) in [6, 6.07) is 0. The maximum Gasteiger partial charge on any atom is 0.243 e. The predicted molar refractivity (Wildman–Crippen MR) is 76.8 cm³/mol. The molecular weight excluding hydrogens is 254 g/mol. The van der Waals surface area contributed by atoms with Gasteiger partial charge in [-0.15, -0.1) is 15.3 Å². The van der Waals surface area contributed by atoms with Gasteiger partial charge in [-0.05, 0) is 38.5 Å². The SMILES string of the molecule is CCC(CC)Oc1nn2c(N)nnc2c2c1CCCC2. The van der Waals surface area contributed by atoms with Crippen LogP contribution in [0.4, 0.5) is 5.95 Å². The number of nitrogen functional groups attached to an aromatic ring is 1. The van der Waals surface area contributed by atoms with E-state index in [1.165, 1.54) is 24.0 Å². The first-order valence-electron chi connectivity index (χ1n) is 7.43. The molecule has 1 aliphatic carbocycles. The third kappa shape index (κ3) is 2.09. The van der Waals surface area contributed by atoms with E-state index in [-0.39, 0.29) is 6.10 Å². The molecule has 0 unspecified atom stereocenters. The van der Waals surface area contributed by atoms with Gasteiger partial charge in [0.15, 0.2) is 5.65 Å². The zero-order valence-electron chi connectivity index (χ0n) is 12.1. The molecule has 0 radical (unpaired) electrons.